The largest absolute Gasteiger partial charge is 0.493 e. The maximum atomic E-state index is 9.29. The molecule has 1 aromatic carbocycles. The van der Waals surface area contributed by atoms with E-state index in [1.54, 1.807) is 6.92 Å². The fourth-order valence-electron chi connectivity index (χ4n) is 1.75. The maximum absolute atomic E-state index is 9.29. The van der Waals surface area contributed by atoms with Gasteiger partial charge in [-0.25, -0.2) is 0 Å². The van der Waals surface area contributed by atoms with Crippen LogP contribution in [0.4, 0.5) is 0 Å². The summed E-state index contributed by atoms with van der Waals surface area (Å²) in [5.41, 5.74) is 2.39. The molecule has 1 rings (SSSR count). The minimum absolute atomic E-state index is 0.0840. The summed E-state index contributed by atoms with van der Waals surface area (Å²) in [6, 6.07) is 6.19. The van der Waals surface area contributed by atoms with Gasteiger partial charge in [0.25, 0.3) is 0 Å². The average molecular weight is 265 g/mol. The molecule has 0 saturated carbocycles. The summed E-state index contributed by atoms with van der Waals surface area (Å²) in [5, 5.41) is 12.8. The molecule has 2 N–H and O–H groups in total. The molecule has 0 aromatic heterocycles. The normalized spacial score (nSPS) is 13.4. The van der Waals surface area contributed by atoms with Gasteiger partial charge in [0.1, 0.15) is 5.75 Å². The smallest absolute Gasteiger partial charge is 0.126 e. The van der Waals surface area contributed by atoms with Crippen LogP contribution in [-0.2, 0) is 6.54 Å². The molecule has 0 aliphatic rings. The third-order valence-corrected chi connectivity index (χ3v) is 2.88. The molecule has 3 nitrogen and oxygen atoms in total. The van der Waals surface area contributed by atoms with E-state index in [1.807, 2.05) is 0 Å². The summed E-state index contributed by atoms with van der Waals surface area (Å²) in [7, 11) is 0. The van der Waals surface area contributed by atoms with Gasteiger partial charge in [-0.05, 0) is 40.2 Å². The van der Waals surface area contributed by atoms with Crippen LogP contribution < -0.4 is 10.1 Å². The second-order valence-electron chi connectivity index (χ2n) is 6.15. The van der Waals surface area contributed by atoms with Crippen LogP contribution in [0.1, 0.15) is 45.2 Å². The molecule has 0 heterocycles. The van der Waals surface area contributed by atoms with Gasteiger partial charge in [0.2, 0.25) is 0 Å². The summed E-state index contributed by atoms with van der Waals surface area (Å²) in [6.45, 7) is 11.6. The van der Waals surface area contributed by atoms with Gasteiger partial charge in [-0.1, -0.05) is 18.2 Å². The van der Waals surface area contributed by atoms with Crippen LogP contribution in [0.15, 0.2) is 18.2 Å². The molecular formula is C16H27NO2. The zero-order valence-electron chi connectivity index (χ0n) is 12.8. The first-order chi connectivity index (χ1) is 8.79. The lowest BCUT2D eigenvalue weighted by Crippen LogP contribution is -2.35. The van der Waals surface area contributed by atoms with Crippen molar-refractivity contribution >= 4 is 0 Å². The van der Waals surface area contributed by atoms with Crippen molar-refractivity contribution in [2.45, 2.75) is 59.2 Å². The number of para-hydroxylation sites is 1. The Labute approximate surface area is 117 Å². The molecular weight excluding hydrogens is 238 g/mol. The molecule has 1 unspecified atom stereocenters. The van der Waals surface area contributed by atoms with E-state index in [4.69, 9.17) is 4.74 Å². The van der Waals surface area contributed by atoms with Crippen molar-refractivity contribution in [3.05, 3.63) is 29.3 Å². The van der Waals surface area contributed by atoms with E-state index in [2.05, 4.69) is 51.2 Å². The van der Waals surface area contributed by atoms with Crippen molar-refractivity contribution in [2.75, 3.05) is 6.61 Å². The number of aryl methyl sites for hydroxylation is 1. The van der Waals surface area contributed by atoms with E-state index in [0.717, 1.165) is 17.9 Å². The SMILES string of the molecule is Cc1cccc(CNC(C)(C)C)c1OCCC(C)O. The second kappa shape index (κ2) is 6.92. The van der Waals surface area contributed by atoms with Crippen LogP contribution in [0.5, 0.6) is 5.75 Å². The van der Waals surface area contributed by atoms with E-state index in [0.29, 0.717) is 13.0 Å². The quantitative estimate of drug-likeness (QED) is 0.830. The van der Waals surface area contributed by atoms with Crippen LogP contribution in [-0.4, -0.2) is 23.4 Å². The summed E-state index contributed by atoms with van der Waals surface area (Å²) in [4.78, 5) is 0. The lowest BCUT2D eigenvalue weighted by Gasteiger charge is -2.22. The highest BCUT2D eigenvalue weighted by Crippen LogP contribution is 2.24. The number of hydrogen-bond acceptors (Lipinski definition) is 3. The average Bonchev–Trinajstić information content (AvgIpc) is 2.27. The Morgan fingerprint density at radius 1 is 1.32 bits per heavy atom. The van der Waals surface area contributed by atoms with Crippen LogP contribution in [0.3, 0.4) is 0 Å². The third-order valence-electron chi connectivity index (χ3n) is 2.88. The summed E-state index contributed by atoms with van der Waals surface area (Å²) < 4.78 is 5.84. The molecule has 19 heavy (non-hydrogen) atoms. The number of nitrogens with one attached hydrogen (secondary N) is 1. The summed E-state index contributed by atoms with van der Waals surface area (Å²) >= 11 is 0. The summed E-state index contributed by atoms with van der Waals surface area (Å²) in [5.74, 6) is 0.944. The molecule has 1 atom stereocenters. The highest BCUT2D eigenvalue weighted by Gasteiger charge is 2.12. The molecule has 108 valence electrons. The Morgan fingerprint density at radius 3 is 2.58 bits per heavy atom. The predicted octanol–water partition coefficient (Wildman–Crippen LogP) is 3.03. The molecule has 0 aliphatic heterocycles. The first-order valence-corrected chi connectivity index (χ1v) is 6.94. The first kappa shape index (κ1) is 16.0. The van der Waals surface area contributed by atoms with E-state index < -0.39 is 0 Å². The number of aliphatic hydroxyl groups is 1. The highest BCUT2D eigenvalue weighted by molar-refractivity contribution is 5.40. The van der Waals surface area contributed by atoms with Gasteiger partial charge in [0, 0.05) is 24.1 Å². The van der Waals surface area contributed by atoms with Crippen molar-refractivity contribution in [2.24, 2.45) is 0 Å². The van der Waals surface area contributed by atoms with E-state index in [-0.39, 0.29) is 11.6 Å². The Kier molecular flexibility index (Phi) is 5.83. The topological polar surface area (TPSA) is 41.5 Å². The molecule has 0 spiro atoms. The van der Waals surface area contributed by atoms with E-state index in [1.165, 1.54) is 5.56 Å². The highest BCUT2D eigenvalue weighted by atomic mass is 16.5. The zero-order valence-corrected chi connectivity index (χ0v) is 12.8. The molecule has 0 radical (unpaired) electrons. The van der Waals surface area contributed by atoms with Gasteiger partial charge in [-0.2, -0.15) is 0 Å². The standard InChI is InChI=1S/C16H27NO2/c1-12-7-6-8-14(11-17-16(3,4)5)15(12)19-10-9-13(2)18/h6-8,13,17-18H,9-11H2,1-5H3. The third kappa shape index (κ3) is 6.08. The first-order valence-electron chi connectivity index (χ1n) is 6.94. The van der Waals surface area contributed by atoms with Crippen LogP contribution in [0.25, 0.3) is 0 Å². The van der Waals surface area contributed by atoms with Crippen LogP contribution in [0.2, 0.25) is 0 Å². The molecule has 3 heteroatoms. The molecule has 0 bridgehead atoms. The number of benzene rings is 1. The van der Waals surface area contributed by atoms with Crippen molar-refractivity contribution < 1.29 is 9.84 Å². The van der Waals surface area contributed by atoms with Gasteiger partial charge in [-0.15, -0.1) is 0 Å². The Balaban J connectivity index is 2.71. The van der Waals surface area contributed by atoms with E-state index >= 15 is 0 Å². The summed E-state index contributed by atoms with van der Waals surface area (Å²) in [6.07, 6.45) is 0.334. The Bertz CT molecular complexity index is 394. The molecule has 0 fully saturated rings. The predicted molar refractivity (Wildman–Crippen MR) is 79.6 cm³/mol. The molecule has 1 aromatic rings. The minimum atomic E-state index is -0.319. The van der Waals surface area contributed by atoms with Crippen LogP contribution >= 0.6 is 0 Å². The van der Waals surface area contributed by atoms with Gasteiger partial charge in [-0.3, -0.25) is 0 Å². The molecule has 0 amide bonds. The number of hydrogen-bond donors (Lipinski definition) is 2. The Morgan fingerprint density at radius 2 is 2.00 bits per heavy atom. The van der Waals surface area contributed by atoms with Crippen molar-refractivity contribution in [3.8, 4) is 5.75 Å². The monoisotopic (exact) mass is 265 g/mol. The maximum Gasteiger partial charge on any atom is 0.126 e. The van der Waals surface area contributed by atoms with Crippen molar-refractivity contribution in [1.82, 2.24) is 5.32 Å². The molecule has 0 saturated heterocycles. The Hall–Kier alpha value is -1.06. The zero-order chi connectivity index (χ0) is 14.5. The van der Waals surface area contributed by atoms with Gasteiger partial charge >= 0.3 is 0 Å². The van der Waals surface area contributed by atoms with Gasteiger partial charge < -0.3 is 15.2 Å². The van der Waals surface area contributed by atoms with Crippen molar-refractivity contribution in [1.29, 1.82) is 0 Å². The second-order valence-corrected chi connectivity index (χ2v) is 6.15. The van der Waals surface area contributed by atoms with Crippen LogP contribution in [0, 0.1) is 6.92 Å². The van der Waals surface area contributed by atoms with Crippen molar-refractivity contribution in [3.63, 3.8) is 0 Å². The lowest BCUT2D eigenvalue weighted by molar-refractivity contribution is 0.155. The number of ether oxygens (including phenoxy) is 1. The fraction of sp³-hybridized carbons (Fsp3) is 0.625. The number of aliphatic hydroxyl groups excluding tert-OH is 1. The lowest BCUT2D eigenvalue weighted by atomic mass is 10.1. The van der Waals surface area contributed by atoms with Gasteiger partial charge in [0.15, 0.2) is 0 Å². The number of rotatable bonds is 6. The van der Waals surface area contributed by atoms with Gasteiger partial charge in [0.05, 0.1) is 12.7 Å². The minimum Gasteiger partial charge on any atom is -0.493 e. The van der Waals surface area contributed by atoms with E-state index in [9.17, 15) is 5.11 Å². The molecule has 0 aliphatic carbocycles. The fourth-order valence-corrected chi connectivity index (χ4v) is 1.75.